The van der Waals surface area contributed by atoms with Gasteiger partial charge in [-0.05, 0) is 59.7 Å². The van der Waals surface area contributed by atoms with Crippen molar-refractivity contribution in [1.82, 2.24) is 0 Å². The normalized spacial score (nSPS) is 13.1. The van der Waals surface area contributed by atoms with Gasteiger partial charge < -0.3 is 9.73 Å². The number of halogens is 1. The summed E-state index contributed by atoms with van der Waals surface area (Å²) in [6, 6.07) is 23.3. The molecule has 1 aliphatic rings. The molecular formula is C24H16BrNO. The van der Waals surface area contributed by atoms with E-state index in [2.05, 4.69) is 63.7 Å². The van der Waals surface area contributed by atoms with Crippen molar-refractivity contribution in [3.05, 3.63) is 82.3 Å². The van der Waals surface area contributed by atoms with Crippen LogP contribution in [-0.4, -0.2) is 0 Å². The molecule has 130 valence electrons. The monoisotopic (exact) mass is 413 g/mol. The number of hydrogen-bond donors (Lipinski definition) is 1. The van der Waals surface area contributed by atoms with Crippen LogP contribution in [0.1, 0.15) is 11.1 Å². The second-order valence-electron chi connectivity index (χ2n) is 7.13. The Kier molecular flexibility index (Phi) is 3.18. The van der Waals surface area contributed by atoms with Crippen molar-refractivity contribution in [2.75, 3.05) is 5.32 Å². The van der Waals surface area contributed by atoms with Crippen LogP contribution < -0.4 is 5.32 Å². The average Bonchev–Trinajstić information content (AvgIpc) is 3.28. The maximum Gasteiger partial charge on any atom is 0.137 e. The highest BCUT2D eigenvalue weighted by Gasteiger charge is 2.19. The van der Waals surface area contributed by atoms with E-state index in [9.17, 15) is 0 Å². The van der Waals surface area contributed by atoms with Gasteiger partial charge in [-0.3, -0.25) is 0 Å². The van der Waals surface area contributed by atoms with Gasteiger partial charge in [0.25, 0.3) is 0 Å². The van der Waals surface area contributed by atoms with Gasteiger partial charge in [0.1, 0.15) is 11.2 Å². The predicted octanol–water partition coefficient (Wildman–Crippen LogP) is 7.34. The van der Waals surface area contributed by atoms with Gasteiger partial charge in [-0.1, -0.05) is 52.3 Å². The summed E-state index contributed by atoms with van der Waals surface area (Å²) in [6.07, 6.45) is 2.26. The van der Waals surface area contributed by atoms with E-state index in [0.29, 0.717) is 0 Å². The van der Waals surface area contributed by atoms with E-state index in [-0.39, 0.29) is 0 Å². The molecule has 0 radical (unpaired) electrons. The molecule has 1 N–H and O–H groups in total. The number of furan rings is 1. The highest BCUT2D eigenvalue weighted by molar-refractivity contribution is 9.10. The predicted molar refractivity (Wildman–Crippen MR) is 116 cm³/mol. The zero-order valence-electron chi connectivity index (χ0n) is 14.6. The van der Waals surface area contributed by atoms with Gasteiger partial charge in [0.05, 0.1) is 11.1 Å². The molecule has 0 aliphatic heterocycles. The van der Waals surface area contributed by atoms with E-state index in [1.54, 1.807) is 0 Å². The van der Waals surface area contributed by atoms with Gasteiger partial charge >= 0.3 is 0 Å². The Hall–Kier alpha value is -2.78. The zero-order chi connectivity index (χ0) is 18.0. The van der Waals surface area contributed by atoms with Crippen LogP contribution in [0.3, 0.4) is 0 Å². The molecule has 5 aromatic rings. The fraction of sp³-hybridized carbons (Fsp3) is 0.0833. The molecule has 27 heavy (non-hydrogen) atoms. The van der Waals surface area contributed by atoms with Crippen molar-refractivity contribution < 1.29 is 4.42 Å². The molecule has 2 nitrogen and oxygen atoms in total. The molecular weight excluding hydrogens is 398 g/mol. The Labute approximate surface area is 164 Å². The van der Waals surface area contributed by atoms with Crippen molar-refractivity contribution in [3.63, 3.8) is 0 Å². The van der Waals surface area contributed by atoms with Gasteiger partial charge in [0.2, 0.25) is 0 Å². The fourth-order valence-corrected chi connectivity index (χ4v) is 4.96. The number of para-hydroxylation sites is 1. The standard InChI is InChI=1S/C24H16BrNO/c25-17-12-10-14-8-9-15-11-13-19(24(17)22(14)15)26-18-5-3-7-21-23(18)16-4-1-2-6-20(16)27-21/h1-7,10-13,26H,8-9H2. The molecule has 0 bridgehead atoms. The summed E-state index contributed by atoms with van der Waals surface area (Å²) in [4.78, 5) is 0. The van der Waals surface area contributed by atoms with Crippen LogP contribution >= 0.6 is 15.9 Å². The second-order valence-corrected chi connectivity index (χ2v) is 7.99. The smallest absolute Gasteiger partial charge is 0.137 e. The topological polar surface area (TPSA) is 25.2 Å². The molecule has 3 heteroatoms. The summed E-state index contributed by atoms with van der Waals surface area (Å²) in [5, 5.41) is 8.64. The number of aryl methyl sites for hydroxylation is 2. The van der Waals surface area contributed by atoms with E-state index in [4.69, 9.17) is 4.42 Å². The van der Waals surface area contributed by atoms with E-state index < -0.39 is 0 Å². The molecule has 0 amide bonds. The van der Waals surface area contributed by atoms with Crippen molar-refractivity contribution in [2.24, 2.45) is 0 Å². The summed E-state index contributed by atoms with van der Waals surface area (Å²) in [7, 11) is 0. The zero-order valence-corrected chi connectivity index (χ0v) is 16.1. The first-order chi connectivity index (χ1) is 13.3. The summed E-state index contributed by atoms with van der Waals surface area (Å²) in [5.74, 6) is 0. The van der Waals surface area contributed by atoms with Gasteiger partial charge in [0, 0.05) is 20.9 Å². The average molecular weight is 414 g/mol. The molecule has 0 unspecified atom stereocenters. The highest BCUT2D eigenvalue weighted by Crippen LogP contribution is 2.42. The highest BCUT2D eigenvalue weighted by atomic mass is 79.9. The van der Waals surface area contributed by atoms with Gasteiger partial charge in [-0.25, -0.2) is 0 Å². The van der Waals surface area contributed by atoms with Crippen LogP contribution in [0.2, 0.25) is 0 Å². The maximum absolute atomic E-state index is 6.04. The lowest BCUT2D eigenvalue weighted by atomic mass is 10.0. The van der Waals surface area contributed by atoms with Crippen LogP contribution in [0.5, 0.6) is 0 Å². The van der Waals surface area contributed by atoms with Crippen LogP contribution in [0.15, 0.2) is 75.6 Å². The first-order valence-electron chi connectivity index (χ1n) is 9.20. The molecule has 4 aromatic carbocycles. The Morgan fingerprint density at radius 1 is 0.667 bits per heavy atom. The molecule has 1 aromatic heterocycles. The molecule has 0 saturated heterocycles. The molecule has 1 heterocycles. The van der Waals surface area contributed by atoms with E-state index in [1.165, 1.54) is 21.9 Å². The van der Waals surface area contributed by atoms with Gasteiger partial charge in [-0.2, -0.15) is 0 Å². The number of rotatable bonds is 2. The lowest BCUT2D eigenvalue weighted by Gasteiger charge is -2.14. The lowest BCUT2D eigenvalue weighted by Crippen LogP contribution is -1.94. The molecule has 0 fully saturated rings. The van der Waals surface area contributed by atoms with Gasteiger partial charge in [-0.15, -0.1) is 0 Å². The van der Waals surface area contributed by atoms with Crippen molar-refractivity contribution >= 4 is 60.0 Å². The van der Waals surface area contributed by atoms with Crippen LogP contribution in [0.4, 0.5) is 11.4 Å². The fourth-order valence-electron chi connectivity index (χ4n) is 4.42. The third-order valence-corrected chi connectivity index (χ3v) is 6.28. The maximum atomic E-state index is 6.04. The first kappa shape index (κ1) is 15.3. The molecule has 6 rings (SSSR count). The SMILES string of the molecule is Brc1ccc2c3c(ccc(Nc4cccc5oc6ccccc6c45)c13)CC2. The third-order valence-electron chi connectivity index (χ3n) is 5.62. The van der Waals surface area contributed by atoms with Crippen LogP contribution in [0.25, 0.3) is 32.7 Å². The Morgan fingerprint density at radius 2 is 1.41 bits per heavy atom. The minimum atomic E-state index is 0.909. The number of anilines is 2. The van der Waals surface area contributed by atoms with Crippen molar-refractivity contribution in [3.8, 4) is 0 Å². The lowest BCUT2D eigenvalue weighted by molar-refractivity contribution is 0.669. The quantitative estimate of drug-likeness (QED) is 0.327. The third kappa shape index (κ3) is 2.18. The van der Waals surface area contributed by atoms with Gasteiger partial charge in [0.15, 0.2) is 0 Å². The van der Waals surface area contributed by atoms with Crippen LogP contribution in [0, 0.1) is 0 Å². The number of benzene rings is 4. The molecule has 1 aliphatic carbocycles. The van der Waals surface area contributed by atoms with Crippen molar-refractivity contribution in [1.29, 1.82) is 0 Å². The first-order valence-corrected chi connectivity index (χ1v) is 9.99. The number of fused-ring (bicyclic) bond motifs is 3. The summed E-state index contributed by atoms with van der Waals surface area (Å²) in [6.45, 7) is 0. The van der Waals surface area contributed by atoms with E-state index in [1.807, 2.05) is 24.3 Å². The minimum absolute atomic E-state index is 0.909. The summed E-state index contributed by atoms with van der Waals surface area (Å²) >= 11 is 3.78. The molecule has 0 atom stereocenters. The summed E-state index contributed by atoms with van der Waals surface area (Å²) < 4.78 is 7.18. The Bertz CT molecular complexity index is 1360. The van der Waals surface area contributed by atoms with E-state index >= 15 is 0 Å². The molecule has 0 saturated carbocycles. The van der Waals surface area contributed by atoms with Crippen molar-refractivity contribution in [2.45, 2.75) is 12.8 Å². The number of hydrogen-bond acceptors (Lipinski definition) is 2. The molecule has 0 spiro atoms. The summed E-state index contributed by atoms with van der Waals surface area (Å²) in [5.41, 5.74) is 6.91. The second kappa shape index (κ2) is 5.61. The van der Waals surface area contributed by atoms with E-state index in [0.717, 1.165) is 50.6 Å². The number of nitrogens with one attached hydrogen (secondary N) is 1. The Balaban J connectivity index is 1.61. The Morgan fingerprint density at radius 3 is 2.30 bits per heavy atom. The van der Waals surface area contributed by atoms with Crippen LogP contribution in [-0.2, 0) is 12.8 Å². The minimum Gasteiger partial charge on any atom is -0.456 e. The largest absolute Gasteiger partial charge is 0.456 e.